The topological polar surface area (TPSA) is 49.3 Å². The van der Waals surface area contributed by atoms with Crippen LogP contribution in [0.2, 0.25) is 0 Å². The van der Waals surface area contributed by atoms with Gasteiger partial charge in [0.2, 0.25) is 0 Å². The van der Waals surface area contributed by atoms with Crippen LogP contribution in [0.3, 0.4) is 0 Å². The quantitative estimate of drug-likeness (QED) is 0.600. The van der Waals surface area contributed by atoms with Crippen molar-refractivity contribution in [2.45, 2.75) is 6.92 Å². The molecule has 0 heterocycles. The predicted molar refractivity (Wildman–Crippen MR) is 72.8 cm³/mol. The Bertz CT molecular complexity index is 438. The molecule has 4 heteroatoms. The fraction of sp³-hybridized carbons (Fsp3) is 0.308. The van der Waals surface area contributed by atoms with E-state index in [0.717, 1.165) is 11.3 Å². The maximum Gasteiger partial charge on any atom is 0.337 e. The van der Waals surface area contributed by atoms with Gasteiger partial charge in [0.25, 0.3) is 0 Å². The van der Waals surface area contributed by atoms with Crippen molar-refractivity contribution >= 4 is 23.4 Å². The molecule has 1 rings (SSSR count). The van der Waals surface area contributed by atoms with E-state index in [-0.39, 0.29) is 0 Å². The maximum absolute atomic E-state index is 11.0. The molecular formula is C13H15NO2S. The number of anilines is 1. The summed E-state index contributed by atoms with van der Waals surface area (Å²) in [6.07, 6.45) is 5.13. The summed E-state index contributed by atoms with van der Waals surface area (Å²) in [6, 6.07) is 5.35. The molecule has 0 amide bonds. The number of rotatable bonds is 6. The Balaban J connectivity index is 2.59. The average molecular weight is 249 g/mol. The van der Waals surface area contributed by atoms with Crippen molar-refractivity contribution in [2.24, 2.45) is 0 Å². The lowest BCUT2D eigenvalue weighted by Gasteiger charge is -2.09. The van der Waals surface area contributed by atoms with Crippen molar-refractivity contribution in [3.8, 4) is 12.3 Å². The SMILES string of the molecule is C#CCSCCNc1ccc(C)cc1C(=O)O. The second-order valence-corrected chi connectivity index (χ2v) is 4.64. The van der Waals surface area contributed by atoms with E-state index in [1.807, 2.05) is 13.0 Å². The number of benzene rings is 1. The summed E-state index contributed by atoms with van der Waals surface area (Å²) in [5.41, 5.74) is 1.91. The lowest BCUT2D eigenvalue weighted by atomic mass is 10.1. The van der Waals surface area contributed by atoms with E-state index in [1.165, 1.54) is 0 Å². The largest absolute Gasteiger partial charge is 0.478 e. The summed E-state index contributed by atoms with van der Waals surface area (Å²) in [5, 5.41) is 12.2. The highest BCUT2D eigenvalue weighted by molar-refractivity contribution is 7.99. The molecule has 1 aromatic carbocycles. The van der Waals surface area contributed by atoms with Gasteiger partial charge in [-0.15, -0.1) is 18.2 Å². The summed E-state index contributed by atoms with van der Waals surface area (Å²) in [5.74, 6) is 3.17. The van der Waals surface area contributed by atoms with Gasteiger partial charge in [-0.2, -0.15) is 0 Å². The molecule has 0 aromatic heterocycles. The van der Waals surface area contributed by atoms with Crippen LogP contribution in [-0.4, -0.2) is 29.1 Å². The average Bonchev–Trinajstić information content (AvgIpc) is 2.30. The summed E-state index contributed by atoms with van der Waals surface area (Å²) in [7, 11) is 0. The van der Waals surface area contributed by atoms with Gasteiger partial charge in [0.05, 0.1) is 11.3 Å². The second-order valence-electron chi connectivity index (χ2n) is 3.54. The molecule has 0 aliphatic heterocycles. The maximum atomic E-state index is 11.0. The van der Waals surface area contributed by atoms with Gasteiger partial charge in [0.15, 0.2) is 0 Å². The number of carboxylic acid groups (broad SMARTS) is 1. The van der Waals surface area contributed by atoms with Crippen LogP contribution in [-0.2, 0) is 0 Å². The molecule has 1 aromatic rings. The molecule has 0 radical (unpaired) electrons. The number of aryl methyl sites for hydroxylation is 1. The summed E-state index contributed by atoms with van der Waals surface area (Å²) < 4.78 is 0. The van der Waals surface area contributed by atoms with E-state index < -0.39 is 5.97 Å². The first-order chi connectivity index (χ1) is 8.15. The number of carbonyl (C=O) groups is 1. The van der Waals surface area contributed by atoms with E-state index in [9.17, 15) is 4.79 Å². The molecule has 3 nitrogen and oxygen atoms in total. The van der Waals surface area contributed by atoms with Crippen LogP contribution in [0.15, 0.2) is 18.2 Å². The minimum atomic E-state index is -0.910. The molecule has 0 spiro atoms. The number of aromatic carboxylic acids is 1. The fourth-order valence-corrected chi connectivity index (χ4v) is 1.89. The Morgan fingerprint density at radius 1 is 1.59 bits per heavy atom. The van der Waals surface area contributed by atoms with E-state index in [0.29, 0.717) is 23.5 Å². The summed E-state index contributed by atoms with van der Waals surface area (Å²) in [4.78, 5) is 11.0. The van der Waals surface area contributed by atoms with Crippen LogP contribution in [0, 0.1) is 19.3 Å². The van der Waals surface area contributed by atoms with Crippen molar-refractivity contribution in [2.75, 3.05) is 23.4 Å². The molecule has 0 saturated heterocycles. The monoisotopic (exact) mass is 249 g/mol. The number of carboxylic acids is 1. The fourth-order valence-electron chi connectivity index (χ4n) is 1.38. The number of thioether (sulfide) groups is 1. The standard InChI is InChI=1S/C13H15NO2S/c1-3-7-17-8-6-14-12-5-4-10(2)9-11(12)13(15)16/h1,4-5,9,14H,6-8H2,2H3,(H,15,16). The number of nitrogens with one attached hydrogen (secondary N) is 1. The van der Waals surface area contributed by atoms with Gasteiger partial charge in [-0.3, -0.25) is 0 Å². The Hall–Kier alpha value is -1.60. The van der Waals surface area contributed by atoms with Crippen LogP contribution >= 0.6 is 11.8 Å². The zero-order valence-electron chi connectivity index (χ0n) is 9.69. The molecular weight excluding hydrogens is 234 g/mol. The van der Waals surface area contributed by atoms with Gasteiger partial charge in [-0.25, -0.2) is 4.79 Å². The molecule has 0 bridgehead atoms. The van der Waals surface area contributed by atoms with Crippen LogP contribution in [0.4, 0.5) is 5.69 Å². The highest BCUT2D eigenvalue weighted by Crippen LogP contribution is 2.17. The van der Waals surface area contributed by atoms with Crippen molar-refractivity contribution < 1.29 is 9.90 Å². The Labute approximate surface area is 106 Å². The number of terminal acetylenes is 1. The normalized spacial score (nSPS) is 9.65. The first-order valence-corrected chi connectivity index (χ1v) is 6.39. The predicted octanol–water partition coefficient (Wildman–Crippen LogP) is 2.47. The van der Waals surface area contributed by atoms with Crippen molar-refractivity contribution in [3.05, 3.63) is 29.3 Å². The molecule has 0 unspecified atom stereocenters. The van der Waals surface area contributed by atoms with Crippen LogP contribution in [0.5, 0.6) is 0 Å². The highest BCUT2D eigenvalue weighted by Gasteiger charge is 2.09. The molecule has 90 valence electrons. The third-order valence-electron chi connectivity index (χ3n) is 2.15. The molecule has 0 atom stereocenters. The van der Waals surface area contributed by atoms with Gasteiger partial charge >= 0.3 is 5.97 Å². The third kappa shape index (κ3) is 4.41. The van der Waals surface area contributed by atoms with Gasteiger partial charge in [0, 0.05) is 18.0 Å². The minimum absolute atomic E-state index is 0.312. The molecule has 17 heavy (non-hydrogen) atoms. The third-order valence-corrected chi connectivity index (χ3v) is 3.02. The van der Waals surface area contributed by atoms with Gasteiger partial charge < -0.3 is 10.4 Å². The number of hydrogen-bond donors (Lipinski definition) is 2. The van der Waals surface area contributed by atoms with Crippen LogP contribution in [0.1, 0.15) is 15.9 Å². The second kappa shape index (κ2) is 6.87. The van der Waals surface area contributed by atoms with Gasteiger partial charge in [-0.05, 0) is 19.1 Å². The molecule has 0 fully saturated rings. The van der Waals surface area contributed by atoms with E-state index >= 15 is 0 Å². The van der Waals surface area contributed by atoms with Crippen molar-refractivity contribution in [1.82, 2.24) is 0 Å². The highest BCUT2D eigenvalue weighted by atomic mass is 32.2. The Morgan fingerprint density at radius 2 is 2.35 bits per heavy atom. The zero-order chi connectivity index (χ0) is 12.7. The molecule has 0 aliphatic carbocycles. The van der Waals surface area contributed by atoms with E-state index in [4.69, 9.17) is 11.5 Å². The summed E-state index contributed by atoms with van der Waals surface area (Å²) in [6.45, 7) is 2.58. The van der Waals surface area contributed by atoms with Crippen LogP contribution < -0.4 is 5.32 Å². The molecule has 2 N–H and O–H groups in total. The molecule has 0 saturated carbocycles. The number of hydrogen-bond acceptors (Lipinski definition) is 3. The lowest BCUT2D eigenvalue weighted by Crippen LogP contribution is -2.09. The van der Waals surface area contributed by atoms with Crippen molar-refractivity contribution in [1.29, 1.82) is 0 Å². The Kier molecular flexibility index (Phi) is 5.44. The first kappa shape index (κ1) is 13.5. The van der Waals surface area contributed by atoms with Crippen molar-refractivity contribution in [3.63, 3.8) is 0 Å². The van der Waals surface area contributed by atoms with E-state index in [1.54, 1.807) is 23.9 Å². The smallest absolute Gasteiger partial charge is 0.337 e. The molecule has 0 aliphatic rings. The van der Waals surface area contributed by atoms with Crippen LogP contribution in [0.25, 0.3) is 0 Å². The minimum Gasteiger partial charge on any atom is -0.478 e. The van der Waals surface area contributed by atoms with Gasteiger partial charge in [0.1, 0.15) is 0 Å². The zero-order valence-corrected chi connectivity index (χ0v) is 10.5. The first-order valence-electron chi connectivity index (χ1n) is 5.24. The Morgan fingerprint density at radius 3 is 3.00 bits per heavy atom. The summed E-state index contributed by atoms with van der Waals surface area (Å²) >= 11 is 1.64. The lowest BCUT2D eigenvalue weighted by molar-refractivity contribution is 0.0698. The van der Waals surface area contributed by atoms with Gasteiger partial charge in [-0.1, -0.05) is 17.6 Å². The van der Waals surface area contributed by atoms with E-state index in [2.05, 4.69) is 11.2 Å².